The fourth-order valence-electron chi connectivity index (χ4n) is 7.01. The van der Waals surface area contributed by atoms with Crippen LogP contribution in [0.5, 0.6) is 0 Å². The Morgan fingerprint density at radius 1 is 0.326 bits per heavy atom. The molecule has 2 aromatic heterocycles. The van der Waals surface area contributed by atoms with Gasteiger partial charge in [-0.2, -0.15) is 0 Å². The Hall–Kier alpha value is -6.12. The third kappa shape index (κ3) is 4.27. The number of benzene rings is 7. The number of rotatable bonds is 5. The summed E-state index contributed by atoms with van der Waals surface area (Å²) >= 11 is 0. The molecule has 0 aliphatic carbocycles. The normalized spacial score (nSPS) is 11.5. The SMILES string of the molecule is c1ccc(-c2ccc(-n3ccc4c3ccc3c5cc(-c6ccccc6-c6ccccc6)ccc5n(-c5ccccc5)c34)cc2)cc1. The van der Waals surface area contributed by atoms with Gasteiger partial charge in [-0.25, -0.2) is 0 Å². The Balaban J connectivity index is 1.25. The highest BCUT2D eigenvalue weighted by Gasteiger charge is 2.18. The van der Waals surface area contributed by atoms with Crippen LogP contribution in [0.25, 0.3) is 77.5 Å². The second kappa shape index (κ2) is 10.8. The standard InChI is InChI=1S/C44H30N2/c1-4-12-31(13-5-1)32-20-23-35(24-21-32)45-29-28-40-42(45)27-25-39-41-30-34(38-19-11-10-18-37(38)33-14-6-2-7-15-33)22-26-43(41)46(44(39)40)36-16-8-3-9-17-36/h1-30H. The minimum Gasteiger partial charge on any atom is -0.316 e. The van der Waals surface area contributed by atoms with Gasteiger partial charge >= 0.3 is 0 Å². The van der Waals surface area contributed by atoms with Crippen molar-refractivity contribution in [1.29, 1.82) is 0 Å². The average molecular weight is 587 g/mol. The van der Waals surface area contributed by atoms with Crippen molar-refractivity contribution in [2.45, 2.75) is 0 Å². The van der Waals surface area contributed by atoms with Gasteiger partial charge in [0.2, 0.25) is 0 Å². The molecule has 216 valence electrons. The van der Waals surface area contributed by atoms with E-state index in [1.54, 1.807) is 0 Å². The summed E-state index contributed by atoms with van der Waals surface area (Å²) in [6, 6.07) is 63.4. The minimum atomic E-state index is 1.15. The number of fused-ring (bicyclic) bond motifs is 5. The Kier molecular flexibility index (Phi) is 6.17. The summed E-state index contributed by atoms with van der Waals surface area (Å²) in [5, 5.41) is 3.74. The minimum absolute atomic E-state index is 1.15. The van der Waals surface area contributed by atoms with Crippen LogP contribution < -0.4 is 0 Å². The van der Waals surface area contributed by atoms with Crippen LogP contribution in [-0.4, -0.2) is 9.13 Å². The number of hydrogen-bond acceptors (Lipinski definition) is 0. The summed E-state index contributed by atoms with van der Waals surface area (Å²) in [5.41, 5.74) is 13.3. The molecule has 0 saturated carbocycles. The van der Waals surface area contributed by atoms with E-state index in [2.05, 4.69) is 191 Å². The average Bonchev–Trinajstić information content (AvgIpc) is 3.72. The van der Waals surface area contributed by atoms with Gasteiger partial charge < -0.3 is 9.13 Å². The summed E-state index contributed by atoms with van der Waals surface area (Å²) < 4.78 is 4.74. The van der Waals surface area contributed by atoms with Crippen LogP contribution in [0.3, 0.4) is 0 Å². The molecule has 9 rings (SSSR count). The van der Waals surface area contributed by atoms with E-state index in [-0.39, 0.29) is 0 Å². The zero-order valence-electron chi connectivity index (χ0n) is 25.2. The lowest BCUT2D eigenvalue weighted by molar-refractivity contribution is 1.13. The van der Waals surface area contributed by atoms with E-state index in [0.29, 0.717) is 0 Å². The van der Waals surface area contributed by atoms with Gasteiger partial charge in [0.1, 0.15) is 0 Å². The van der Waals surface area contributed by atoms with Crippen molar-refractivity contribution in [2.75, 3.05) is 0 Å². The summed E-state index contributed by atoms with van der Waals surface area (Å²) in [4.78, 5) is 0. The third-order valence-corrected chi connectivity index (χ3v) is 9.18. The van der Waals surface area contributed by atoms with Gasteiger partial charge in [0.05, 0.1) is 16.6 Å². The molecule has 46 heavy (non-hydrogen) atoms. The first-order valence-electron chi connectivity index (χ1n) is 15.8. The van der Waals surface area contributed by atoms with E-state index in [0.717, 1.165) is 11.4 Å². The summed E-state index contributed by atoms with van der Waals surface area (Å²) in [6.07, 6.45) is 2.20. The predicted octanol–water partition coefficient (Wildman–Crippen LogP) is 11.7. The molecular formula is C44H30N2. The van der Waals surface area contributed by atoms with Crippen molar-refractivity contribution >= 4 is 32.7 Å². The van der Waals surface area contributed by atoms with Gasteiger partial charge in [0, 0.05) is 33.7 Å². The van der Waals surface area contributed by atoms with Crippen LogP contribution >= 0.6 is 0 Å². The maximum atomic E-state index is 2.43. The smallest absolute Gasteiger partial charge is 0.0635 e. The van der Waals surface area contributed by atoms with E-state index < -0.39 is 0 Å². The van der Waals surface area contributed by atoms with Crippen LogP contribution in [0, 0.1) is 0 Å². The van der Waals surface area contributed by atoms with Gasteiger partial charge in [-0.05, 0) is 81.9 Å². The van der Waals surface area contributed by atoms with Crippen molar-refractivity contribution in [1.82, 2.24) is 9.13 Å². The summed E-state index contributed by atoms with van der Waals surface area (Å²) in [7, 11) is 0. The molecule has 2 heterocycles. The van der Waals surface area contributed by atoms with E-state index in [4.69, 9.17) is 0 Å². The first-order chi connectivity index (χ1) is 22.8. The predicted molar refractivity (Wildman–Crippen MR) is 194 cm³/mol. The molecule has 0 unspecified atom stereocenters. The van der Waals surface area contributed by atoms with Crippen molar-refractivity contribution in [2.24, 2.45) is 0 Å². The lowest BCUT2D eigenvalue weighted by Gasteiger charge is -2.11. The lowest BCUT2D eigenvalue weighted by Crippen LogP contribution is -1.95. The Labute approximate surface area is 268 Å². The highest BCUT2D eigenvalue weighted by Crippen LogP contribution is 2.41. The number of hydrogen-bond donors (Lipinski definition) is 0. The fraction of sp³-hybridized carbons (Fsp3) is 0. The van der Waals surface area contributed by atoms with Gasteiger partial charge in [-0.1, -0.05) is 127 Å². The van der Waals surface area contributed by atoms with Crippen LogP contribution in [0.1, 0.15) is 0 Å². The first kappa shape index (κ1) is 26.3. The molecular weight excluding hydrogens is 556 g/mol. The van der Waals surface area contributed by atoms with Crippen LogP contribution in [0.2, 0.25) is 0 Å². The number of para-hydroxylation sites is 1. The molecule has 0 bridgehead atoms. The zero-order chi connectivity index (χ0) is 30.5. The van der Waals surface area contributed by atoms with Crippen LogP contribution in [-0.2, 0) is 0 Å². The molecule has 0 atom stereocenters. The maximum Gasteiger partial charge on any atom is 0.0635 e. The lowest BCUT2D eigenvalue weighted by atomic mass is 9.94. The molecule has 0 N–H and O–H groups in total. The second-order valence-electron chi connectivity index (χ2n) is 11.8. The molecule has 0 amide bonds. The van der Waals surface area contributed by atoms with Crippen molar-refractivity contribution in [3.63, 3.8) is 0 Å². The molecule has 0 fully saturated rings. The Morgan fingerprint density at radius 2 is 0.891 bits per heavy atom. The van der Waals surface area contributed by atoms with Crippen LogP contribution in [0.4, 0.5) is 0 Å². The van der Waals surface area contributed by atoms with E-state index in [1.165, 1.54) is 66.1 Å². The van der Waals surface area contributed by atoms with Crippen molar-refractivity contribution in [3.05, 3.63) is 182 Å². The van der Waals surface area contributed by atoms with E-state index in [1.807, 2.05) is 0 Å². The number of nitrogens with zero attached hydrogens (tertiary/aromatic N) is 2. The van der Waals surface area contributed by atoms with Crippen molar-refractivity contribution in [3.8, 4) is 44.8 Å². The maximum absolute atomic E-state index is 2.43. The monoisotopic (exact) mass is 586 g/mol. The van der Waals surface area contributed by atoms with Crippen LogP contribution in [0.15, 0.2) is 182 Å². The molecule has 0 radical (unpaired) electrons. The molecule has 0 aliphatic rings. The van der Waals surface area contributed by atoms with E-state index >= 15 is 0 Å². The first-order valence-corrected chi connectivity index (χ1v) is 15.8. The fourth-order valence-corrected chi connectivity index (χ4v) is 7.01. The zero-order valence-corrected chi connectivity index (χ0v) is 25.2. The molecule has 2 nitrogen and oxygen atoms in total. The quantitative estimate of drug-likeness (QED) is 0.190. The largest absolute Gasteiger partial charge is 0.316 e. The third-order valence-electron chi connectivity index (χ3n) is 9.18. The molecule has 0 saturated heterocycles. The Bertz CT molecular complexity index is 2480. The number of aromatic nitrogens is 2. The van der Waals surface area contributed by atoms with E-state index in [9.17, 15) is 0 Å². The molecule has 9 aromatic rings. The molecule has 0 aliphatic heterocycles. The molecule has 0 spiro atoms. The second-order valence-corrected chi connectivity index (χ2v) is 11.8. The summed E-state index contributed by atoms with van der Waals surface area (Å²) in [5.74, 6) is 0. The van der Waals surface area contributed by atoms with Gasteiger partial charge in [0.25, 0.3) is 0 Å². The van der Waals surface area contributed by atoms with Gasteiger partial charge in [-0.3, -0.25) is 0 Å². The van der Waals surface area contributed by atoms with Gasteiger partial charge in [0.15, 0.2) is 0 Å². The van der Waals surface area contributed by atoms with Gasteiger partial charge in [-0.15, -0.1) is 0 Å². The summed E-state index contributed by atoms with van der Waals surface area (Å²) in [6.45, 7) is 0. The molecule has 2 heteroatoms. The van der Waals surface area contributed by atoms with Crippen molar-refractivity contribution < 1.29 is 0 Å². The molecule has 7 aromatic carbocycles. The topological polar surface area (TPSA) is 9.86 Å². The highest BCUT2D eigenvalue weighted by atomic mass is 15.0. The highest BCUT2D eigenvalue weighted by molar-refractivity contribution is 6.19. The Morgan fingerprint density at radius 3 is 1.61 bits per heavy atom.